The van der Waals surface area contributed by atoms with Crippen LogP contribution in [0.2, 0.25) is 0 Å². The van der Waals surface area contributed by atoms with Crippen LogP contribution >= 0.6 is 0 Å². The number of nitrogens with one attached hydrogen (secondary N) is 1. The van der Waals surface area contributed by atoms with Gasteiger partial charge in [0.05, 0.1) is 18.6 Å². The van der Waals surface area contributed by atoms with Crippen molar-refractivity contribution in [3.05, 3.63) is 35.4 Å². The van der Waals surface area contributed by atoms with Crippen LogP contribution in [0.3, 0.4) is 0 Å². The second-order valence-electron chi connectivity index (χ2n) is 7.25. The van der Waals surface area contributed by atoms with Gasteiger partial charge in [-0.25, -0.2) is 0 Å². The zero-order valence-corrected chi connectivity index (χ0v) is 14.7. The van der Waals surface area contributed by atoms with Crippen LogP contribution in [0, 0.1) is 11.3 Å². The highest BCUT2D eigenvalue weighted by Crippen LogP contribution is 2.48. The average molecular weight is 346 g/mol. The molecule has 6 nitrogen and oxygen atoms in total. The summed E-state index contributed by atoms with van der Waals surface area (Å²) in [7, 11) is 1.66. The molecule has 1 aromatic rings. The van der Waals surface area contributed by atoms with E-state index in [-0.39, 0.29) is 18.4 Å². The second kappa shape index (κ2) is 7.54. The first-order chi connectivity index (χ1) is 12.0. The van der Waals surface area contributed by atoms with Crippen LogP contribution in [0.1, 0.15) is 30.4 Å². The van der Waals surface area contributed by atoms with Crippen LogP contribution in [0.4, 0.5) is 0 Å². The van der Waals surface area contributed by atoms with E-state index in [9.17, 15) is 14.7 Å². The highest BCUT2D eigenvalue weighted by molar-refractivity contribution is 5.79. The van der Waals surface area contributed by atoms with Gasteiger partial charge >= 0.3 is 5.97 Å². The number of carboxylic acid groups (broad SMARTS) is 1. The van der Waals surface area contributed by atoms with Gasteiger partial charge in [0.15, 0.2) is 0 Å². The quantitative estimate of drug-likeness (QED) is 0.785. The molecule has 1 aliphatic heterocycles. The number of aliphatic carboxylic acids is 1. The molecule has 6 heteroatoms. The van der Waals surface area contributed by atoms with E-state index in [2.05, 4.69) is 5.32 Å². The van der Waals surface area contributed by atoms with Gasteiger partial charge in [0, 0.05) is 26.7 Å². The summed E-state index contributed by atoms with van der Waals surface area (Å²) in [5.41, 5.74) is 1.47. The molecule has 1 heterocycles. The monoisotopic (exact) mass is 346 g/mol. The van der Waals surface area contributed by atoms with Crippen LogP contribution in [0.25, 0.3) is 0 Å². The van der Waals surface area contributed by atoms with E-state index >= 15 is 0 Å². The van der Waals surface area contributed by atoms with Crippen molar-refractivity contribution >= 4 is 11.9 Å². The Morgan fingerprint density at radius 1 is 1.40 bits per heavy atom. The molecule has 1 aromatic carbocycles. The molecule has 0 spiro atoms. The summed E-state index contributed by atoms with van der Waals surface area (Å²) in [6.45, 7) is 2.49. The third-order valence-electron chi connectivity index (χ3n) is 5.53. The molecule has 1 amide bonds. The summed E-state index contributed by atoms with van der Waals surface area (Å²) in [4.78, 5) is 25.9. The topological polar surface area (TPSA) is 78.9 Å². The van der Waals surface area contributed by atoms with E-state index in [1.807, 2.05) is 29.2 Å². The predicted molar refractivity (Wildman–Crippen MR) is 92.9 cm³/mol. The van der Waals surface area contributed by atoms with Crippen molar-refractivity contribution in [2.24, 2.45) is 11.3 Å². The van der Waals surface area contributed by atoms with Crippen LogP contribution in [0.5, 0.6) is 0 Å². The number of carbonyl (C=O) groups is 2. The lowest BCUT2D eigenvalue weighted by molar-refractivity contribution is -0.149. The lowest BCUT2D eigenvalue weighted by Gasteiger charge is -2.23. The number of rotatable bonds is 7. The maximum atomic E-state index is 12.3. The normalized spacial score (nSPS) is 25.7. The third kappa shape index (κ3) is 3.85. The number of carbonyl (C=O) groups excluding carboxylic acids is 1. The summed E-state index contributed by atoms with van der Waals surface area (Å²) in [5, 5.41) is 12.5. The zero-order chi connectivity index (χ0) is 17.9. The van der Waals surface area contributed by atoms with E-state index in [0.29, 0.717) is 26.2 Å². The summed E-state index contributed by atoms with van der Waals surface area (Å²) in [6.07, 6.45) is 2.67. The average Bonchev–Trinajstić information content (AvgIpc) is 3.11. The Morgan fingerprint density at radius 3 is 2.92 bits per heavy atom. The minimum atomic E-state index is -0.701. The van der Waals surface area contributed by atoms with Crippen molar-refractivity contribution in [3.63, 3.8) is 0 Å². The van der Waals surface area contributed by atoms with Gasteiger partial charge in [0.2, 0.25) is 5.91 Å². The minimum absolute atomic E-state index is 0.0577. The molecule has 0 aromatic heterocycles. The van der Waals surface area contributed by atoms with Gasteiger partial charge in [0.25, 0.3) is 0 Å². The number of amides is 1. The molecule has 2 fully saturated rings. The Labute approximate surface area is 148 Å². The predicted octanol–water partition coefficient (Wildman–Crippen LogP) is 1.64. The summed E-state index contributed by atoms with van der Waals surface area (Å²) in [5.74, 6) is -0.575. The molecule has 2 atom stereocenters. The van der Waals surface area contributed by atoms with E-state index in [1.54, 1.807) is 7.11 Å². The number of hydrogen-bond donors (Lipinski definition) is 2. The van der Waals surface area contributed by atoms with Crippen molar-refractivity contribution in [1.82, 2.24) is 10.2 Å². The zero-order valence-electron chi connectivity index (χ0n) is 14.7. The molecule has 1 aliphatic carbocycles. The SMILES string of the molecule is COCc1cccc(CNC(=O)CN2C[C@@H]3CCC[C@@]3(C(=O)O)C2)c1. The lowest BCUT2D eigenvalue weighted by Crippen LogP contribution is -2.39. The molecule has 1 saturated carbocycles. The van der Waals surface area contributed by atoms with Crippen molar-refractivity contribution in [2.45, 2.75) is 32.4 Å². The fourth-order valence-electron chi connectivity index (χ4n) is 4.32. The maximum Gasteiger partial charge on any atom is 0.311 e. The first-order valence-electron chi connectivity index (χ1n) is 8.83. The van der Waals surface area contributed by atoms with Crippen LogP contribution in [0.15, 0.2) is 24.3 Å². The number of hydrogen-bond acceptors (Lipinski definition) is 4. The Morgan fingerprint density at radius 2 is 2.20 bits per heavy atom. The Bertz CT molecular complexity index is 648. The standard InChI is InChI=1S/C19H26N2O4/c1-25-12-15-5-2-4-14(8-15)9-20-17(22)11-21-10-16-6-3-7-19(16,13-21)18(23)24/h2,4-5,8,16H,3,6-7,9-13H2,1H3,(H,20,22)(H,23,24)/t16-,19+/m0/s1. The Kier molecular flexibility index (Phi) is 5.39. The van der Waals surface area contributed by atoms with Gasteiger partial charge in [-0.3, -0.25) is 14.5 Å². The molecule has 2 N–H and O–H groups in total. The molecule has 0 unspecified atom stereocenters. The third-order valence-corrected chi connectivity index (χ3v) is 5.53. The molecule has 3 rings (SSSR count). The number of methoxy groups -OCH3 is 1. The first-order valence-corrected chi connectivity index (χ1v) is 8.83. The fraction of sp³-hybridized carbons (Fsp3) is 0.579. The number of ether oxygens (including phenoxy) is 1. The van der Waals surface area contributed by atoms with Gasteiger partial charge in [-0.2, -0.15) is 0 Å². The Balaban J connectivity index is 1.50. The van der Waals surface area contributed by atoms with E-state index < -0.39 is 11.4 Å². The molecule has 2 aliphatic rings. The Hall–Kier alpha value is -1.92. The maximum absolute atomic E-state index is 12.3. The number of benzene rings is 1. The fourth-order valence-corrected chi connectivity index (χ4v) is 4.32. The largest absolute Gasteiger partial charge is 0.481 e. The smallest absolute Gasteiger partial charge is 0.311 e. The highest BCUT2D eigenvalue weighted by atomic mass is 16.5. The molecule has 1 saturated heterocycles. The van der Waals surface area contributed by atoms with Gasteiger partial charge in [0.1, 0.15) is 0 Å². The minimum Gasteiger partial charge on any atom is -0.481 e. The second-order valence-corrected chi connectivity index (χ2v) is 7.25. The van der Waals surface area contributed by atoms with Crippen molar-refractivity contribution in [3.8, 4) is 0 Å². The molecule has 0 radical (unpaired) electrons. The van der Waals surface area contributed by atoms with Crippen molar-refractivity contribution in [1.29, 1.82) is 0 Å². The number of likely N-dealkylation sites (tertiary alicyclic amines) is 1. The van der Waals surface area contributed by atoms with Crippen LogP contribution in [-0.2, 0) is 27.5 Å². The lowest BCUT2D eigenvalue weighted by atomic mass is 9.81. The van der Waals surface area contributed by atoms with Gasteiger partial charge in [-0.05, 0) is 29.9 Å². The van der Waals surface area contributed by atoms with Crippen LogP contribution in [-0.4, -0.2) is 48.6 Å². The molecular weight excluding hydrogens is 320 g/mol. The number of fused-ring (bicyclic) bond motifs is 1. The van der Waals surface area contributed by atoms with Gasteiger partial charge < -0.3 is 15.2 Å². The van der Waals surface area contributed by atoms with E-state index in [1.165, 1.54) is 0 Å². The van der Waals surface area contributed by atoms with Gasteiger partial charge in [-0.15, -0.1) is 0 Å². The summed E-state index contributed by atoms with van der Waals surface area (Å²) >= 11 is 0. The van der Waals surface area contributed by atoms with Crippen molar-refractivity contribution < 1.29 is 19.4 Å². The molecule has 0 bridgehead atoms. The van der Waals surface area contributed by atoms with E-state index in [4.69, 9.17) is 4.74 Å². The molecule has 25 heavy (non-hydrogen) atoms. The molecule has 136 valence electrons. The van der Waals surface area contributed by atoms with Gasteiger partial charge in [-0.1, -0.05) is 30.7 Å². The molecular formula is C19H26N2O4. The van der Waals surface area contributed by atoms with E-state index in [0.717, 1.165) is 30.4 Å². The number of carboxylic acids is 1. The first kappa shape index (κ1) is 17.9. The van der Waals surface area contributed by atoms with Crippen LogP contribution < -0.4 is 5.32 Å². The number of nitrogens with zero attached hydrogens (tertiary/aromatic N) is 1. The highest BCUT2D eigenvalue weighted by Gasteiger charge is 2.54. The summed E-state index contributed by atoms with van der Waals surface area (Å²) in [6, 6.07) is 7.93. The van der Waals surface area contributed by atoms with Crippen molar-refractivity contribution in [2.75, 3.05) is 26.7 Å². The summed E-state index contributed by atoms with van der Waals surface area (Å²) < 4.78 is 5.12.